The number of benzene rings is 1. The number of anilines is 1. The van der Waals surface area contributed by atoms with E-state index in [1.807, 2.05) is 41.3 Å². The van der Waals surface area contributed by atoms with Crippen LogP contribution in [0.3, 0.4) is 0 Å². The molecule has 3 rings (SSSR count). The summed E-state index contributed by atoms with van der Waals surface area (Å²) in [6.45, 7) is 1.52. The Bertz CT molecular complexity index is 757. The number of pyridine rings is 1. The Morgan fingerprint density at radius 2 is 2.11 bits per heavy atom. The number of likely N-dealkylation sites (tertiary alicyclic amines) is 1. The van der Waals surface area contributed by atoms with Gasteiger partial charge >= 0.3 is 0 Å². The third-order valence-corrected chi connectivity index (χ3v) is 5.44. The Kier molecular flexibility index (Phi) is 6.81. The van der Waals surface area contributed by atoms with Crippen molar-refractivity contribution < 1.29 is 14.3 Å². The maximum atomic E-state index is 12.6. The Balaban J connectivity index is 1.55. The molecule has 1 aliphatic rings. The van der Waals surface area contributed by atoms with E-state index in [0.717, 1.165) is 30.1 Å². The second-order valence-electron chi connectivity index (χ2n) is 6.35. The lowest BCUT2D eigenvalue weighted by atomic mass is 10.1. The van der Waals surface area contributed by atoms with Crippen LogP contribution >= 0.6 is 11.8 Å². The summed E-state index contributed by atoms with van der Waals surface area (Å²) in [5, 5.41) is 4.39. The number of ether oxygens (including phenoxy) is 2. The van der Waals surface area contributed by atoms with Crippen molar-refractivity contribution in [2.45, 2.75) is 23.9 Å². The Morgan fingerprint density at radius 1 is 1.26 bits per heavy atom. The molecule has 144 valence electrons. The maximum Gasteiger partial charge on any atom is 0.233 e. The van der Waals surface area contributed by atoms with Gasteiger partial charge in [-0.05, 0) is 37.1 Å². The predicted octanol–water partition coefficient (Wildman–Crippen LogP) is 3.29. The van der Waals surface area contributed by atoms with Gasteiger partial charge < -0.3 is 19.7 Å². The van der Waals surface area contributed by atoms with Gasteiger partial charge in [-0.2, -0.15) is 0 Å². The number of amides is 1. The highest BCUT2D eigenvalue weighted by Crippen LogP contribution is 2.30. The van der Waals surface area contributed by atoms with Crippen LogP contribution in [0.4, 0.5) is 5.69 Å². The first-order chi connectivity index (χ1) is 13.2. The molecule has 0 unspecified atom stereocenters. The minimum Gasteiger partial charge on any atom is -0.493 e. The summed E-state index contributed by atoms with van der Waals surface area (Å²) in [6, 6.07) is 11.7. The lowest BCUT2D eigenvalue weighted by Gasteiger charge is -2.33. The van der Waals surface area contributed by atoms with E-state index in [2.05, 4.69) is 10.3 Å². The summed E-state index contributed by atoms with van der Waals surface area (Å²) in [4.78, 5) is 18.8. The Hall–Kier alpha value is -2.41. The standard InChI is InChI=1S/C20H25N3O3S/c1-25-17-9-8-15(12-18(17)26-2)22-16-6-5-11-23(13-16)20(24)14-27-19-7-3-4-10-21-19/h3-4,7-10,12,16,22H,5-6,11,13-14H2,1-2H3/t16-/m0/s1. The van der Waals surface area contributed by atoms with Gasteiger partial charge in [-0.3, -0.25) is 4.79 Å². The number of carbonyl (C=O) groups excluding carboxylic acids is 1. The molecule has 1 N–H and O–H groups in total. The lowest BCUT2D eigenvalue weighted by molar-refractivity contribution is -0.129. The van der Waals surface area contributed by atoms with Crippen molar-refractivity contribution >= 4 is 23.4 Å². The van der Waals surface area contributed by atoms with Gasteiger partial charge in [-0.15, -0.1) is 0 Å². The second-order valence-corrected chi connectivity index (χ2v) is 7.35. The second kappa shape index (κ2) is 9.50. The van der Waals surface area contributed by atoms with Crippen LogP contribution in [0, 0.1) is 0 Å². The number of nitrogens with zero attached hydrogens (tertiary/aromatic N) is 2. The minimum absolute atomic E-state index is 0.157. The average Bonchev–Trinajstić information content (AvgIpc) is 2.73. The molecule has 1 aliphatic heterocycles. The SMILES string of the molecule is COc1ccc(N[C@H]2CCCN(C(=O)CSc3ccccn3)C2)cc1OC. The smallest absolute Gasteiger partial charge is 0.233 e. The van der Waals surface area contributed by atoms with Crippen LogP contribution in [0.1, 0.15) is 12.8 Å². The van der Waals surface area contributed by atoms with Gasteiger partial charge in [0.15, 0.2) is 11.5 Å². The zero-order chi connectivity index (χ0) is 19.1. The first-order valence-electron chi connectivity index (χ1n) is 8.99. The number of carbonyl (C=O) groups is 1. The lowest BCUT2D eigenvalue weighted by Crippen LogP contribution is -2.45. The number of piperidine rings is 1. The summed E-state index contributed by atoms with van der Waals surface area (Å²) in [6.07, 6.45) is 3.77. The fourth-order valence-corrected chi connectivity index (χ4v) is 3.91. The highest BCUT2D eigenvalue weighted by molar-refractivity contribution is 7.99. The van der Waals surface area contributed by atoms with E-state index in [1.165, 1.54) is 11.8 Å². The van der Waals surface area contributed by atoms with Crippen LogP contribution in [0.5, 0.6) is 11.5 Å². The number of hydrogen-bond acceptors (Lipinski definition) is 6. The van der Waals surface area contributed by atoms with E-state index in [-0.39, 0.29) is 11.9 Å². The van der Waals surface area contributed by atoms with Crippen LogP contribution in [-0.4, -0.2) is 54.9 Å². The molecule has 0 saturated carbocycles. The molecule has 27 heavy (non-hydrogen) atoms. The maximum absolute atomic E-state index is 12.6. The van der Waals surface area contributed by atoms with E-state index in [9.17, 15) is 4.79 Å². The minimum atomic E-state index is 0.157. The van der Waals surface area contributed by atoms with Crippen molar-refractivity contribution in [2.24, 2.45) is 0 Å². The first-order valence-corrected chi connectivity index (χ1v) is 9.98. The molecular formula is C20H25N3O3S. The summed E-state index contributed by atoms with van der Waals surface area (Å²) in [5.74, 6) is 1.97. The van der Waals surface area contributed by atoms with Gasteiger partial charge in [0.2, 0.25) is 5.91 Å². The molecular weight excluding hydrogens is 362 g/mol. The first kappa shape index (κ1) is 19.4. The van der Waals surface area contributed by atoms with Gasteiger partial charge in [0.1, 0.15) is 0 Å². The van der Waals surface area contributed by atoms with Gasteiger partial charge in [0, 0.05) is 37.1 Å². The summed E-state index contributed by atoms with van der Waals surface area (Å²) in [5.41, 5.74) is 0.967. The third kappa shape index (κ3) is 5.29. The zero-order valence-electron chi connectivity index (χ0n) is 15.7. The highest BCUT2D eigenvalue weighted by Gasteiger charge is 2.24. The van der Waals surface area contributed by atoms with Gasteiger partial charge in [0.05, 0.1) is 25.0 Å². The number of nitrogens with one attached hydrogen (secondary N) is 1. The van der Waals surface area contributed by atoms with Crippen LogP contribution in [0.2, 0.25) is 0 Å². The van der Waals surface area contributed by atoms with Crippen molar-refractivity contribution in [3.05, 3.63) is 42.6 Å². The number of rotatable bonds is 7. The van der Waals surface area contributed by atoms with Crippen LogP contribution in [0.25, 0.3) is 0 Å². The van der Waals surface area contributed by atoms with Crippen molar-refractivity contribution in [1.82, 2.24) is 9.88 Å². The molecule has 1 fully saturated rings. The molecule has 2 heterocycles. The molecule has 1 aromatic carbocycles. The molecule has 1 amide bonds. The molecule has 0 spiro atoms. The van der Waals surface area contributed by atoms with Crippen molar-refractivity contribution in [3.63, 3.8) is 0 Å². The monoisotopic (exact) mass is 387 g/mol. The van der Waals surface area contributed by atoms with Gasteiger partial charge in [-0.25, -0.2) is 4.98 Å². The highest BCUT2D eigenvalue weighted by atomic mass is 32.2. The summed E-state index contributed by atoms with van der Waals surface area (Å²) < 4.78 is 10.6. The van der Waals surface area contributed by atoms with Gasteiger partial charge in [0.25, 0.3) is 0 Å². The zero-order valence-corrected chi connectivity index (χ0v) is 16.5. The van der Waals surface area contributed by atoms with E-state index >= 15 is 0 Å². The van der Waals surface area contributed by atoms with E-state index < -0.39 is 0 Å². The number of hydrogen-bond donors (Lipinski definition) is 1. The molecule has 1 saturated heterocycles. The normalized spacial score (nSPS) is 16.7. The topological polar surface area (TPSA) is 63.7 Å². The van der Waals surface area contributed by atoms with Crippen LogP contribution in [-0.2, 0) is 4.79 Å². The van der Waals surface area contributed by atoms with Gasteiger partial charge in [-0.1, -0.05) is 17.8 Å². The van der Waals surface area contributed by atoms with E-state index in [0.29, 0.717) is 23.8 Å². The Morgan fingerprint density at radius 3 is 2.85 bits per heavy atom. The average molecular weight is 388 g/mol. The fraction of sp³-hybridized carbons (Fsp3) is 0.400. The third-order valence-electron chi connectivity index (χ3n) is 4.51. The van der Waals surface area contributed by atoms with E-state index in [1.54, 1.807) is 20.4 Å². The van der Waals surface area contributed by atoms with Crippen LogP contribution < -0.4 is 14.8 Å². The molecule has 6 nitrogen and oxygen atoms in total. The molecule has 2 aromatic rings. The van der Waals surface area contributed by atoms with Crippen LogP contribution in [0.15, 0.2) is 47.6 Å². The molecule has 0 aliphatic carbocycles. The fourth-order valence-electron chi connectivity index (χ4n) is 3.14. The van der Waals surface area contributed by atoms with Crippen molar-refractivity contribution in [1.29, 1.82) is 0 Å². The quantitative estimate of drug-likeness (QED) is 0.736. The van der Waals surface area contributed by atoms with E-state index in [4.69, 9.17) is 9.47 Å². The summed E-state index contributed by atoms with van der Waals surface area (Å²) in [7, 11) is 3.25. The predicted molar refractivity (Wildman–Crippen MR) is 108 cm³/mol. The van der Waals surface area contributed by atoms with Crippen molar-refractivity contribution in [2.75, 3.05) is 38.4 Å². The number of methoxy groups -OCH3 is 2. The number of thioether (sulfide) groups is 1. The summed E-state index contributed by atoms with van der Waals surface area (Å²) >= 11 is 1.48. The molecule has 7 heteroatoms. The molecule has 1 atom stereocenters. The van der Waals surface area contributed by atoms with Crippen molar-refractivity contribution in [3.8, 4) is 11.5 Å². The number of aromatic nitrogens is 1. The molecule has 1 aromatic heterocycles. The Labute approximate surface area is 164 Å². The largest absolute Gasteiger partial charge is 0.493 e. The molecule has 0 radical (unpaired) electrons. The molecule has 0 bridgehead atoms.